The largest absolute Gasteiger partial charge is 0.368 e. The number of nitrogens with zero attached hydrogens (tertiary/aromatic N) is 6. The first-order chi connectivity index (χ1) is 15.1. The molecule has 0 radical (unpaired) electrons. The molecule has 0 amide bonds. The highest BCUT2D eigenvalue weighted by Crippen LogP contribution is 2.17. The van der Waals surface area contributed by atoms with E-state index in [9.17, 15) is 4.39 Å². The molecular formula is C23H28FN7. The van der Waals surface area contributed by atoms with Gasteiger partial charge in [0.15, 0.2) is 5.96 Å². The maximum absolute atomic E-state index is 13.2. The maximum atomic E-state index is 13.2. The summed E-state index contributed by atoms with van der Waals surface area (Å²) < 4.78 is 15.1. The van der Waals surface area contributed by atoms with Gasteiger partial charge in [0.1, 0.15) is 17.5 Å². The van der Waals surface area contributed by atoms with Gasteiger partial charge in [-0.05, 0) is 49.7 Å². The van der Waals surface area contributed by atoms with E-state index in [1.165, 1.54) is 12.1 Å². The van der Waals surface area contributed by atoms with Gasteiger partial charge in [-0.2, -0.15) is 0 Å². The number of hydrogen-bond acceptors (Lipinski definition) is 4. The van der Waals surface area contributed by atoms with Crippen LogP contribution >= 0.6 is 0 Å². The number of aliphatic imine (C=N–C) groups is 1. The highest BCUT2D eigenvalue weighted by atomic mass is 19.1. The van der Waals surface area contributed by atoms with Gasteiger partial charge in [0.2, 0.25) is 0 Å². The highest BCUT2D eigenvalue weighted by molar-refractivity contribution is 5.80. The minimum absolute atomic E-state index is 0.202. The van der Waals surface area contributed by atoms with Crippen molar-refractivity contribution in [3.63, 3.8) is 0 Å². The Morgan fingerprint density at radius 2 is 1.84 bits per heavy atom. The van der Waals surface area contributed by atoms with Crippen molar-refractivity contribution in [2.45, 2.75) is 20.4 Å². The van der Waals surface area contributed by atoms with Crippen molar-refractivity contribution in [2.75, 3.05) is 37.6 Å². The Kier molecular flexibility index (Phi) is 6.45. The van der Waals surface area contributed by atoms with Crippen LogP contribution < -0.4 is 10.2 Å². The predicted octanol–water partition coefficient (Wildman–Crippen LogP) is 3.00. The third kappa shape index (κ3) is 5.02. The lowest BCUT2D eigenvalue weighted by Crippen LogP contribution is -2.52. The standard InChI is InChI=1S/C23H28FN7/c1-3-25-23(30-14-12-29(13-15-30)21-7-5-20(24)6-8-21)28-17-19-4-9-22(27-16-19)31-11-10-26-18(31)2/h4-11,16H,3,12-15,17H2,1-2H3,(H,25,28). The Morgan fingerprint density at radius 1 is 1.06 bits per heavy atom. The van der Waals surface area contributed by atoms with Crippen LogP contribution in [0.3, 0.4) is 0 Å². The number of hydrogen-bond donors (Lipinski definition) is 1. The lowest BCUT2D eigenvalue weighted by molar-refractivity contribution is 0.372. The number of halogens is 1. The Balaban J connectivity index is 1.38. The lowest BCUT2D eigenvalue weighted by atomic mass is 10.2. The van der Waals surface area contributed by atoms with E-state index in [0.29, 0.717) is 6.54 Å². The van der Waals surface area contributed by atoms with E-state index in [1.807, 2.05) is 42.1 Å². The molecule has 0 atom stereocenters. The van der Waals surface area contributed by atoms with Crippen molar-refractivity contribution in [1.29, 1.82) is 0 Å². The molecule has 0 aliphatic carbocycles. The van der Waals surface area contributed by atoms with Crippen molar-refractivity contribution in [1.82, 2.24) is 24.8 Å². The smallest absolute Gasteiger partial charge is 0.194 e. The van der Waals surface area contributed by atoms with Gasteiger partial charge < -0.3 is 15.1 Å². The fourth-order valence-electron chi connectivity index (χ4n) is 3.69. The van der Waals surface area contributed by atoms with Gasteiger partial charge in [0.25, 0.3) is 0 Å². The summed E-state index contributed by atoms with van der Waals surface area (Å²) in [5.74, 6) is 2.47. The second-order valence-corrected chi connectivity index (χ2v) is 7.49. The third-order valence-electron chi connectivity index (χ3n) is 5.40. The Morgan fingerprint density at radius 3 is 2.45 bits per heavy atom. The summed E-state index contributed by atoms with van der Waals surface area (Å²) >= 11 is 0. The van der Waals surface area contributed by atoms with Crippen LogP contribution in [0.15, 0.2) is 60.0 Å². The molecule has 162 valence electrons. The average molecular weight is 422 g/mol. The molecule has 1 N–H and O–H groups in total. The number of piperazine rings is 1. The minimum atomic E-state index is -0.202. The molecule has 2 aromatic heterocycles. The zero-order valence-electron chi connectivity index (χ0n) is 18.0. The summed E-state index contributed by atoms with van der Waals surface area (Å²) in [5, 5.41) is 3.40. The maximum Gasteiger partial charge on any atom is 0.194 e. The van der Waals surface area contributed by atoms with Crippen molar-refractivity contribution in [2.24, 2.45) is 4.99 Å². The van der Waals surface area contributed by atoms with Crippen LogP contribution in [0.5, 0.6) is 0 Å². The topological polar surface area (TPSA) is 61.6 Å². The first-order valence-corrected chi connectivity index (χ1v) is 10.6. The summed E-state index contributed by atoms with van der Waals surface area (Å²) in [4.78, 5) is 18.2. The number of imidazole rings is 1. The van der Waals surface area contributed by atoms with Gasteiger partial charge in [-0.25, -0.2) is 19.4 Å². The summed E-state index contributed by atoms with van der Waals surface area (Å²) in [6.07, 6.45) is 5.55. The molecule has 1 fully saturated rings. The molecule has 3 heterocycles. The van der Waals surface area contributed by atoms with Gasteiger partial charge in [-0.3, -0.25) is 4.57 Å². The van der Waals surface area contributed by atoms with E-state index in [-0.39, 0.29) is 5.82 Å². The molecule has 1 aliphatic rings. The molecule has 0 spiro atoms. The molecule has 1 aliphatic heterocycles. The molecule has 0 unspecified atom stereocenters. The van der Waals surface area contributed by atoms with Crippen LogP contribution in [0.1, 0.15) is 18.3 Å². The van der Waals surface area contributed by atoms with Crippen molar-refractivity contribution >= 4 is 11.6 Å². The fraction of sp³-hybridized carbons (Fsp3) is 0.348. The normalized spacial score (nSPS) is 14.7. The predicted molar refractivity (Wildman–Crippen MR) is 121 cm³/mol. The van der Waals surface area contributed by atoms with E-state index >= 15 is 0 Å². The van der Waals surface area contributed by atoms with Crippen molar-refractivity contribution in [3.05, 3.63) is 72.2 Å². The Labute approximate surface area is 182 Å². The zero-order valence-corrected chi connectivity index (χ0v) is 18.0. The van der Waals surface area contributed by atoms with Gasteiger partial charge >= 0.3 is 0 Å². The first-order valence-electron chi connectivity index (χ1n) is 10.6. The minimum Gasteiger partial charge on any atom is -0.368 e. The number of anilines is 1. The molecular weight excluding hydrogens is 393 g/mol. The van der Waals surface area contributed by atoms with E-state index in [0.717, 1.165) is 61.6 Å². The number of nitrogens with one attached hydrogen (secondary N) is 1. The molecule has 7 nitrogen and oxygen atoms in total. The molecule has 1 saturated heterocycles. The summed E-state index contributed by atoms with van der Waals surface area (Å²) in [7, 11) is 0. The summed E-state index contributed by atoms with van der Waals surface area (Å²) in [6.45, 7) is 8.88. The monoisotopic (exact) mass is 421 g/mol. The third-order valence-corrected chi connectivity index (χ3v) is 5.40. The number of benzene rings is 1. The SMILES string of the molecule is CCNC(=NCc1ccc(-n2ccnc2C)nc1)N1CCN(c2ccc(F)cc2)CC1. The van der Waals surface area contributed by atoms with Crippen molar-refractivity contribution in [3.8, 4) is 5.82 Å². The summed E-state index contributed by atoms with van der Waals surface area (Å²) in [5.41, 5.74) is 2.11. The van der Waals surface area contributed by atoms with Crippen LogP contribution in [0, 0.1) is 12.7 Å². The Hall–Kier alpha value is -3.42. The average Bonchev–Trinajstić information content (AvgIpc) is 3.23. The summed E-state index contributed by atoms with van der Waals surface area (Å²) in [6, 6.07) is 10.8. The fourth-order valence-corrected chi connectivity index (χ4v) is 3.69. The molecule has 8 heteroatoms. The molecule has 3 aromatic rings. The molecule has 31 heavy (non-hydrogen) atoms. The van der Waals surface area contributed by atoms with Gasteiger partial charge in [-0.15, -0.1) is 0 Å². The van der Waals surface area contributed by atoms with E-state index < -0.39 is 0 Å². The van der Waals surface area contributed by atoms with Crippen molar-refractivity contribution < 1.29 is 4.39 Å². The number of aromatic nitrogens is 3. The number of aryl methyl sites for hydroxylation is 1. The van der Waals surface area contributed by atoms with E-state index in [4.69, 9.17) is 4.99 Å². The first kappa shape index (κ1) is 20.8. The lowest BCUT2D eigenvalue weighted by Gasteiger charge is -2.37. The van der Waals surface area contributed by atoms with Gasteiger partial charge in [-0.1, -0.05) is 6.07 Å². The van der Waals surface area contributed by atoms with Crippen LogP contribution in [0.4, 0.5) is 10.1 Å². The van der Waals surface area contributed by atoms with Gasteiger partial charge in [0, 0.05) is 57.0 Å². The molecule has 0 bridgehead atoms. The number of pyridine rings is 1. The highest BCUT2D eigenvalue weighted by Gasteiger charge is 2.19. The molecule has 1 aromatic carbocycles. The van der Waals surface area contributed by atoms with Gasteiger partial charge in [0.05, 0.1) is 6.54 Å². The number of rotatable bonds is 5. The number of guanidine groups is 1. The molecule has 0 saturated carbocycles. The molecule has 4 rings (SSSR count). The van der Waals surface area contributed by atoms with Crippen LogP contribution in [-0.4, -0.2) is 58.1 Å². The van der Waals surface area contributed by atoms with Crippen LogP contribution in [0.2, 0.25) is 0 Å². The Bertz CT molecular complexity index is 1000. The van der Waals surface area contributed by atoms with Crippen LogP contribution in [-0.2, 0) is 6.54 Å². The van der Waals surface area contributed by atoms with E-state index in [2.05, 4.69) is 38.1 Å². The zero-order chi connectivity index (χ0) is 21.6. The quantitative estimate of drug-likeness (QED) is 0.507. The second kappa shape index (κ2) is 9.59. The van der Waals surface area contributed by atoms with E-state index in [1.54, 1.807) is 6.20 Å². The second-order valence-electron chi connectivity index (χ2n) is 7.49. The van der Waals surface area contributed by atoms with Crippen LogP contribution in [0.25, 0.3) is 5.82 Å².